The van der Waals surface area contributed by atoms with Gasteiger partial charge in [0.2, 0.25) is 0 Å². The van der Waals surface area contributed by atoms with Gasteiger partial charge < -0.3 is 15.5 Å². The van der Waals surface area contributed by atoms with Gasteiger partial charge in [-0.2, -0.15) is 0 Å². The van der Waals surface area contributed by atoms with Crippen LogP contribution in [-0.2, 0) is 0 Å². The van der Waals surface area contributed by atoms with Crippen LogP contribution in [0.15, 0.2) is 79.1 Å². The summed E-state index contributed by atoms with van der Waals surface area (Å²) in [5.41, 5.74) is 3.35. The second kappa shape index (κ2) is 10.7. The molecule has 0 bridgehead atoms. The standard InChI is InChI=1S/C27H27ClN6O/c28-20-9-11-21(12-10-20)34-17-15-33(16-18-34)14-13-29-27(35)23-6-2-4-8-25(23)32-26-22-5-1-3-7-24(22)30-19-31-26/h1-12,19H,13-18H2,(H,29,35)(H,30,31,32). The summed E-state index contributed by atoms with van der Waals surface area (Å²) in [6, 6.07) is 23.3. The third-order valence-corrected chi connectivity index (χ3v) is 6.50. The third-order valence-electron chi connectivity index (χ3n) is 6.25. The minimum absolute atomic E-state index is 0.105. The Kier molecular flexibility index (Phi) is 7.07. The van der Waals surface area contributed by atoms with Crippen molar-refractivity contribution in [2.24, 2.45) is 0 Å². The van der Waals surface area contributed by atoms with Crippen LogP contribution in [-0.4, -0.2) is 60.0 Å². The molecule has 0 unspecified atom stereocenters. The first-order valence-electron chi connectivity index (χ1n) is 11.7. The average Bonchev–Trinajstić information content (AvgIpc) is 2.90. The summed E-state index contributed by atoms with van der Waals surface area (Å²) in [6.45, 7) is 5.22. The molecule has 7 nitrogen and oxygen atoms in total. The number of carbonyl (C=O) groups is 1. The zero-order valence-electron chi connectivity index (χ0n) is 19.3. The van der Waals surface area contributed by atoms with Gasteiger partial charge in [0.25, 0.3) is 5.91 Å². The molecule has 4 aromatic rings. The molecule has 1 amide bonds. The van der Waals surface area contributed by atoms with Gasteiger partial charge in [0.15, 0.2) is 0 Å². The van der Waals surface area contributed by atoms with Gasteiger partial charge in [-0.1, -0.05) is 35.9 Å². The Bertz CT molecular complexity index is 1300. The van der Waals surface area contributed by atoms with Gasteiger partial charge in [-0.15, -0.1) is 0 Å². The minimum atomic E-state index is -0.105. The molecule has 2 N–H and O–H groups in total. The van der Waals surface area contributed by atoms with Crippen LogP contribution in [0.1, 0.15) is 10.4 Å². The van der Waals surface area contributed by atoms with E-state index in [2.05, 4.69) is 42.5 Å². The van der Waals surface area contributed by atoms with Gasteiger partial charge >= 0.3 is 0 Å². The molecule has 2 heterocycles. The van der Waals surface area contributed by atoms with Gasteiger partial charge in [0, 0.05) is 55.4 Å². The lowest BCUT2D eigenvalue weighted by atomic mass is 10.1. The highest BCUT2D eigenvalue weighted by Gasteiger charge is 2.18. The predicted octanol–water partition coefficient (Wildman–Crippen LogP) is 4.58. The van der Waals surface area contributed by atoms with E-state index in [0.29, 0.717) is 23.6 Å². The molecule has 0 aliphatic carbocycles. The molecule has 1 aromatic heterocycles. The van der Waals surface area contributed by atoms with E-state index in [0.717, 1.165) is 48.6 Å². The van der Waals surface area contributed by atoms with Gasteiger partial charge in [-0.3, -0.25) is 9.69 Å². The monoisotopic (exact) mass is 486 g/mol. The van der Waals surface area contributed by atoms with Crippen molar-refractivity contribution in [3.63, 3.8) is 0 Å². The first-order valence-corrected chi connectivity index (χ1v) is 12.1. The fourth-order valence-corrected chi connectivity index (χ4v) is 4.45. The second-order valence-corrected chi connectivity index (χ2v) is 8.91. The highest BCUT2D eigenvalue weighted by atomic mass is 35.5. The normalized spacial score (nSPS) is 14.1. The summed E-state index contributed by atoms with van der Waals surface area (Å²) >= 11 is 6.00. The van der Waals surface area contributed by atoms with Crippen LogP contribution in [0.3, 0.4) is 0 Å². The van der Waals surface area contributed by atoms with E-state index in [1.807, 2.05) is 60.7 Å². The number of anilines is 3. The SMILES string of the molecule is O=C(NCCN1CCN(c2ccc(Cl)cc2)CC1)c1ccccc1Nc1ncnc2ccccc12. The molecule has 0 saturated carbocycles. The van der Waals surface area contributed by atoms with E-state index in [1.54, 1.807) is 0 Å². The van der Waals surface area contributed by atoms with E-state index in [1.165, 1.54) is 12.0 Å². The fraction of sp³-hybridized carbons (Fsp3) is 0.222. The quantitative estimate of drug-likeness (QED) is 0.398. The van der Waals surface area contributed by atoms with Gasteiger partial charge in [0.05, 0.1) is 16.8 Å². The number of para-hydroxylation sites is 2. The number of halogens is 1. The summed E-state index contributed by atoms with van der Waals surface area (Å²) in [5.74, 6) is 0.570. The van der Waals surface area contributed by atoms with E-state index < -0.39 is 0 Å². The van der Waals surface area contributed by atoms with Crippen LogP contribution < -0.4 is 15.5 Å². The Balaban J connectivity index is 1.16. The summed E-state index contributed by atoms with van der Waals surface area (Å²) in [4.78, 5) is 26.4. The number of hydrogen-bond acceptors (Lipinski definition) is 6. The molecule has 0 atom stereocenters. The number of piperazine rings is 1. The van der Waals surface area contributed by atoms with E-state index in [-0.39, 0.29) is 5.91 Å². The van der Waals surface area contributed by atoms with Crippen molar-refractivity contribution < 1.29 is 4.79 Å². The number of rotatable bonds is 7. The Labute approximate surface area is 209 Å². The number of nitrogens with zero attached hydrogens (tertiary/aromatic N) is 4. The topological polar surface area (TPSA) is 73.4 Å². The smallest absolute Gasteiger partial charge is 0.253 e. The molecule has 1 fully saturated rings. The molecular weight excluding hydrogens is 460 g/mol. The minimum Gasteiger partial charge on any atom is -0.369 e. The lowest BCUT2D eigenvalue weighted by molar-refractivity contribution is 0.0948. The number of carbonyl (C=O) groups excluding carboxylic acids is 1. The van der Waals surface area contributed by atoms with Crippen LogP contribution in [0.5, 0.6) is 0 Å². The molecule has 1 aliphatic heterocycles. The van der Waals surface area contributed by atoms with Crippen molar-refractivity contribution in [1.29, 1.82) is 0 Å². The van der Waals surface area contributed by atoms with Crippen molar-refractivity contribution in [1.82, 2.24) is 20.2 Å². The molecule has 5 rings (SSSR count). The lowest BCUT2D eigenvalue weighted by Gasteiger charge is -2.36. The maximum Gasteiger partial charge on any atom is 0.253 e. The van der Waals surface area contributed by atoms with Crippen LogP contribution in [0.25, 0.3) is 10.9 Å². The van der Waals surface area contributed by atoms with Crippen molar-refractivity contribution in [2.45, 2.75) is 0 Å². The molecule has 3 aromatic carbocycles. The molecule has 1 saturated heterocycles. The van der Waals surface area contributed by atoms with Crippen molar-refractivity contribution in [3.8, 4) is 0 Å². The maximum atomic E-state index is 13.0. The second-order valence-electron chi connectivity index (χ2n) is 8.47. The number of hydrogen-bond donors (Lipinski definition) is 2. The molecular formula is C27H27ClN6O. The number of nitrogens with one attached hydrogen (secondary N) is 2. The summed E-state index contributed by atoms with van der Waals surface area (Å²) in [5, 5.41) is 8.06. The molecule has 178 valence electrons. The molecule has 8 heteroatoms. The Morgan fingerprint density at radius 2 is 1.63 bits per heavy atom. The predicted molar refractivity (Wildman–Crippen MR) is 142 cm³/mol. The lowest BCUT2D eigenvalue weighted by Crippen LogP contribution is -2.48. The van der Waals surface area contributed by atoms with Crippen molar-refractivity contribution in [3.05, 3.63) is 89.7 Å². The maximum absolute atomic E-state index is 13.0. The highest BCUT2D eigenvalue weighted by Crippen LogP contribution is 2.25. The van der Waals surface area contributed by atoms with Crippen molar-refractivity contribution in [2.75, 3.05) is 49.5 Å². The number of benzene rings is 3. The zero-order valence-corrected chi connectivity index (χ0v) is 20.1. The Hall–Kier alpha value is -3.68. The van der Waals surface area contributed by atoms with Crippen LogP contribution in [0.4, 0.5) is 17.2 Å². The molecule has 0 radical (unpaired) electrons. The van der Waals surface area contributed by atoms with Crippen LogP contribution >= 0.6 is 11.6 Å². The van der Waals surface area contributed by atoms with E-state index >= 15 is 0 Å². The van der Waals surface area contributed by atoms with E-state index in [9.17, 15) is 4.79 Å². The average molecular weight is 487 g/mol. The summed E-state index contributed by atoms with van der Waals surface area (Å²) in [6.07, 6.45) is 1.53. The Morgan fingerprint density at radius 1 is 0.886 bits per heavy atom. The van der Waals surface area contributed by atoms with E-state index in [4.69, 9.17) is 11.6 Å². The first kappa shape index (κ1) is 23.1. The zero-order chi connectivity index (χ0) is 24.0. The number of fused-ring (bicyclic) bond motifs is 1. The number of aromatic nitrogens is 2. The summed E-state index contributed by atoms with van der Waals surface area (Å²) < 4.78 is 0. The third kappa shape index (κ3) is 5.53. The number of amides is 1. The Morgan fingerprint density at radius 3 is 2.46 bits per heavy atom. The fourth-order valence-electron chi connectivity index (χ4n) is 4.33. The van der Waals surface area contributed by atoms with Crippen molar-refractivity contribution >= 4 is 45.6 Å². The van der Waals surface area contributed by atoms with Gasteiger partial charge in [-0.05, 0) is 48.5 Å². The molecule has 0 spiro atoms. The highest BCUT2D eigenvalue weighted by molar-refractivity contribution is 6.30. The van der Waals surface area contributed by atoms with Gasteiger partial charge in [0.1, 0.15) is 12.1 Å². The molecule has 35 heavy (non-hydrogen) atoms. The summed E-state index contributed by atoms with van der Waals surface area (Å²) in [7, 11) is 0. The van der Waals surface area contributed by atoms with Crippen LogP contribution in [0.2, 0.25) is 5.02 Å². The molecule has 1 aliphatic rings. The largest absolute Gasteiger partial charge is 0.369 e. The van der Waals surface area contributed by atoms with Crippen LogP contribution in [0, 0.1) is 0 Å². The van der Waals surface area contributed by atoms with Gasteiger partial charge in [-0.25, -0.2) is 9.97 Å². The first-order chi connectivity index (χ1) is 17.2.